The number of carbonyl (C=O) groups excluding carboxylic acids is 1. The number of aromatic nitrogens is 2. The molecule has 1 aliphatic heterocycles. The first-order valence-electron chi connectivity index (χ1n) is 10.3. The number of hydrogen-bond donors (Lipinski definition) is 1. The maximum absolute atomic E-state index is 12.6. The standard InChI is InChI=1S/C21H22F6N4O3/c1-2-19(30-17(32)11-33-13-20(22,23)24)6-7-31(12-19)14-4-3-5-15(8-14)34-16-9-28-18(29-10-16)21(25,26)27/h3-5,8-10H,2,6-7,11-13H2,1H3,(H,30,32). The van der Waals surface area contributed by atoms with Crippen molar-refractivity contribution in [3.8, 4) is 11.5 Å². The van der Waals surface area contributed by atoms with Gasteiger partial charge in [-0.05, 0) is 25.0 Å². The van der Waals surface area contributed by atoms with Gasteiger partial charge >= 0.3 is 12.4 Å². The Kier molecular flexibility index (Phi) is 7.54. The van der Waals surface area contributed by atoms with E-state index in [0.717, 1.165) is 18.1 Å². The van der Waals surface area contributed by atoms with Gasteiger partial charge in [0.15, 0.2) is 5.75 Å². The number of ether oxygens (including phenoxy) is 2. The Hall–Kier alpha value is -3.09. The van der Waals surface area contributed by atoms with E-state index in [0.29, 0.717) is 31.7 Å². The van der Waals surface area contributed by atoms with Crippen LogP contribution in [0.4, 0.5) is 32.0 Å². The monoisotopic (exact) mass is 492 g/mol. The summed E-state index contributed by atoms with van der Waals surface area (Å²) in [5.74, 6) is -1.53. The number of amides is 1. The number of hydrogen-bond acceptors (Lipinski definition) is 6. The van der Waals surface area contributed by atoms with Gasteiger partial charge in [0.05, 0.1) is 17.9 Å². The molecule has 7 nitrogen and oxygen atoms in total. The number of nitrogens with one attached hydrogen (secondary N) is 1. The second-order valence-electron chi connectivity index (χ2n) is 7.80. The summed E-state index contributed by atoms with van der Waals surface area (Å²) < 4.78 is 84.4. The fourth-order valence-corrected chi connectivity index (χ4v) is 3.56. The quantitative estimate of drug-likeness (QED) is 0.553. The Bertz CT molecular complexity index is 984. The predicted molar refractivity (Wildman–Crippen MR) is 108 cm³/mol. The molecule has 1 aromatic carbocycles. The molecule has 1 aliphatic rings. The molecule has 2 aromatic rings. The van der Waals surface area contributed by atoms with Crippen molar-refractivity contribution in [3.05, 3.63) is 42.5 Å². The third-order valence-electron chi connectivity index (χ3n) is 5.23. The molecule has 1 saturated heterocycles. The molecule has 0 bridgehead atoms. The summed E-state index contributed by atoms with van der Waals surface area (Å²) in [6.45, 7) is 0.637. The Morgan fingerprint density at radius 2 is 1.85 bits per heavy atom. The van der Waals surface area contributed by atoms with Crippen LogP contribution < -0.4 is 15.0 Å². The van der Waals surface area contributed by atoms with E-state index in [1.165, 1.54) is 0 Å². The van der Waals surface area contributed by atoms with Crippen LogP contribution in [-0.2, 0) is 15.7 Å². The number of benzene rings is 1. The van der Waals surface area contributed by atoms with E-state index in [1.54, 1.807) is 24.3 Å². The highest BCUT2D eigenvalue weighted by Gasteiger charge is 2.38. The summed E-state index contributed by atoms with van der Waals surface area (Å²) in [5, 5.41) is 2.79. The van der Waals surface area contributed by atoms with Gasteiger partial charge in [-0.2, -0.15) is 26.3 Å². The second-order valence-corrected chi connectivity index (χ2v) is 7.80. The molecular weight excluding hydrogens is 470 g/mol. The Balaban J connectivity index is 1.61. The van der Waals surface area contributed by atoms with Gasteiger partial charge in [-0.15, -0.1) is 0 Å². The Labute approximate surface area is 191 Å². The molecule has 13 heteroatoms. The zero-order valence-corrected chi connectivity index (χ0v) is 18.0. The van der Waals surface area contributed by atoms with Crippen molar-refractivity contribution in [1.29, 1.82) is 0 Å². The molecule has 0 spiro atoms. The van der Waals surface area contributed by atoms with Crippen molar-refractivity contribution in [1.82, 2.24) is 15.3 Å². The van der Waals surface area contributed by atoms with Crippen LogP contribution in [0.5, 0.6) is 11.5 Å². The van der Waals surface area contributed by atoms with E-state index in [-0.39, 0.29) is 5.75 Å². The molecule has 1 amide bonds. The Morgan fingerprint density at radius 3 is 2.47 bits per heavy atom. The number of carbonyl (C=O) groups is 1. The van der Waals surface area contributed by atoms with Crippen molar-refractivity contribution in [2.75, 3.05) is 31.2 Å². The number of rotatable bonds is 8. The van der Waals surface area contributed by atoms with E-state index in [9.17, 15) is 31.1 Å². The van der Waals surface area contributed by atoms with Crippen LogP contribution in [0.2, 0.25) is 0 Å². The van der Waals surface area contributed by atoms with Crippen LogP contribution in [0.1, 0.15) is 25.6 Å². The second kappa shape index (κ2) is 10.0. The van der Waals surface area contributed by atoms with Gasteiger partial charge in [-0.3, -0.25) is 4.79 Å². The summed E-state index contributed by atoms with van der Waals surface area (Å²) in [6.07, 6.45) is -6.19. The van der Waals surface area contributed by atoms with E-state index in [1.807, 2.05) is 11.8 Å². The lowest BCUT2D eigenvalue weighted by atomic mass is 9.95. The van der Waals surface area contributed by atoms with Crippen LogP contribution >= 0.6 is 0 Å². The topological polar surface area (TPSA) is 76.6 Å². The highest BCUT2D eigenvalue weighted by molar-refractivity contribution is 5.78. The van der Waals surface area contributed by atoms with Gasteiger partial charge in [-0.1, -0.05) is 13.0 Å². The molecule has 1 N–H and O–H groups in total. The van der Waals surface area contributed by atoms with Crippen LogP contribution in [0.15, 0.2) is 36.7 Å². The molecule has 1 aromatic heterocycles. The molecule has 1 fully saturated rings. The molecule has 0 aliphatic carbocycles. The first-order chi connectivity index (χ1) is 15.9. The molecular formula is C21H22F6N4O3. The predicted octanol–water partition coefficient (Wildman–Crippen LogP) is 4.34. The maximum Gasteiger partial charge on any atom is 0.451 e. The smallest absolute Gasteiger partial charge is 0.451 e. The molecule has 186 valence electrons. The minimum atomic E-state index is -4.65. The first kappa shape index (κ1) is 25.5. The lowest BCUT2D eigenvalue weighted by Gasteiger charge is -2.30. The summed E-state index contributed by atoms with van der Waals surface area (Å²) in [4.78, 5) is 20.6. The van der Waals surface area contributed by atoms with Crippen LogP contribution in [0.25, 0.3) is 0 Å². The highest BCUT2D eigenvalue weighted by Crippen LogP contribution is 2.33. The highest BCUT2D eigenvalue weighted by atomic mass is 19.4. The summed E-state index contributed by atoms with van der Waals surface area (Å²) in [6, 6.07) is 6.79. The largest absolute Gasteiger partial charge is 0.454 e. The summed E-state index contributed by atoms with van der Waals surface area (Å²) in [5.41, 5.74) is 0.0970. The van der Waals surface area contributed by atoms with Crippen molar-refractivity contribution in [2.45, 2.75) is 37.7 Å². The van der Waals surface area contributed by atoms with Crippen molar-refractivity contribution in [3.63, 3.8) is 0 Å². The SMILES string of the molecule is CCC1(NC(=O)COCC(F)(F)F)CCN(c2cccc(Oc3cnc(C(F)(F)F)nc3)c2)C1. The molecule has 34 heavy (non-hydrogen) atoms. The van der Waals surface area contributed by atoms with Gasteiger partial charge in [0.25, 0.3) is 0 Å². The molecule has 0 saturated carbocycles. The summed E-state index contributed by atoms with van der Waals surface area (Å²) in [7, 11) is 0. The molecule has 3 rings (SSSR count). The first-order valence-corrected chi connectivity index (χ1v) is 10.3. The molecule has 1 unspecified atom stereocenters. The molecule has 1 atom stereocenters. The lowest BCUT2D eigenvalue weighted by molar-refractivity contribution is -0.176. The third kappa shape index (κ3) is 6.95. The average Bonchev–Trinajstić information content (AvgIpc) is 3.17. The molecule has 2 heterocycles. The number of alkyl halides is 6. The van der Waals surface area contributed by atoms with Crippen molar-refractivity contribution in [2.24, 2.45) is 0 Å². The van der Waals surface area contributed by atoms with Gasteiger partial charge in [0, 0.05) is 24.8 Å². The van der Waals surface area contributed by atoms with Gasteiger partial charge in [-0.25, -0.2) is 9.97 Å². The average molecular weight is 492 g/mol. The Morgan fingerprint density at radius 1 is 1.15 bits per heavy atom. The van der Waals surface area contributed by atoms with Gasteiger partial charge < -0.3 is 19.7 Å². The van der Waals surface area contributed by atoms with E-state index >= 15 is 0 Å². The van der Waals surface area contributed by atoms with Crippen molar-refractivity contribution >= 4 is 11.6 Å². The van der Waals surface area contributed by atoms with E-state index in [4.69, 9.17) is 4.74 Å². The maximum atomic E-state index is 12.6. The third-order valence-corrected chi connectivity index (χ3v) is 5.23. The zero-order chi connectivity index (χ0) is 25.0. The number of anilines is 1. The fraction of sp³-hybridized carbons (Fsp3) is 0.476. The van der Waals surface area contributed by atoms with E-state index in [2.05, 4.69) is 20.0 Å². The van der Waals surface area contributed by atoms with Crippen LogP contribution in [-0.4, -0.2) is 53.9 Å². The van der Waals surface area contributed by atoms with Gasteiger partial charge in [0.1, 0.15) is 19.0 Å². The van der Waals surface area contributed by atoms with Crippen LogP contribution in [0.3, 0.4) is 0 Å². The summed E-state index contributed by atoms with van der Waals surface area (Å²) >= 11 is 0. The number of nitrogens with zero attached hydrogens (tertiary/aromatic N) is 3. The number of halogens is 6. The normalized spacial score (nSPS) is 18.7. The molecule has 0 radical (unpaired) electrons. The minimum absolute atomic E-state index is 0.0283. The van der Waals surface area contributed by atoms with Crippen molar-refractivity contribution < 1.29 is 40.6 Å². The fourth-order valence-electron chi connectivity index (χ4n) is 3.56. The van der Waals surface area contributed by atoms with Gasteiger partial charge in [0.2, 0.25) is 11.7 Å². The minimum Gasteiger partial charge on any atom is -0.454 e. The van der Waals surface area contributed by atoms with E-state index < -0.39 is 42.8 Å². The lowest BCUT2D eigenvalue weighted by Crippen LogP contribution is -2.51. The zero-order valence-electron chi connectivity index (χ0n) is 18.0. The van der Waals surface area contributed by atoms with Crippen LogP contribution in [0, 0.1) is 0 Å².